The highest BCUT2D eigenvalue weighted by atomic mass is 16.4. The summed E-state index contributed by atoms with van der Waals surface area (Å²) in [6, 6.07) is 0. The van der Waals surface area contributed by atoms with Gasteiger partial charge >= 0.3 is 17.9 Å². The molecule has 6 nitrogen and oxygen atoms in total. The third kappa shape index (κ3) is 16.4. The lowest BCUT2D eigenvalue weighted by Crippen LogP contribution is -2.12. The Labute approximate surface area is 113 Å². The SMILES string of the molecule is CCCC(CCC)C(=O)O.O=C(O)CCCC(=O)O. The van der Waals surface area contributed by atoms with Gasteiger partial charge in [-0.05, 0) is 19.3 Å². The largest absolute Gasteiger partial charge is 0.481 e. The van der Waals surface area contributed by atoms with Crippen LogP contribution in [0.25, 0.3) is 0 Å². The van der Waals surface area contributed by atoms with Gasteiger partial charge in [-0.25, -0.2) is 0 Å². The van der Waals surface area contributed by atoms with E-state index >= 15 is 0 Å². The third-order valence-corrected chi connectivity index (χ3v) is 2.40. The van der Waals surface area contributed by atoms with Gasteiger partial charge in [0.15, 0.2) is 0 Å². The average Bonchev–Trinajstić information content (AvgIpc) is 2.28. The molecule has 0 atom stereocenters. The Morgan fingerprint density at radius 3 is 1.42 bits per heavy atom. The lowest BCUT2D eigenvalue weighted by molar-refractivity contribution is -0.142. The highest BCUT2D eigenvalue weighted by Gasteiger charge is 2.13. The molecular formula is C13H24O6. The number of hydrogen-bond acceptors (Lipinski definition) is 3. The van der Waals surface area contributed by atoms with Gasteiger partial charge in [-0.2, -0.15) is 0 Å². The second-order valence-electron chi connectivity index (χ2n) is 4.25. The van der Waals surface area contributed by atoms with Gasteiger partial charge in [0.25, 0.3) is 0 Å². The molecule has 6 heteroatoms. The summed E-state index contributed by atoms with van der Waals surface area (Å²) in [5.41, 5.74) is 0. The first-order chi connectivity index (χ1) is 8.84. The lowest BCUT2D eigenvalue weighted by atomic mass is 9.99. The van der Waals surface area contributed by atoms with Gasteiger partial charge < -0.3 is 15.3 Å². The molecule has 0 aromatic carbocycles. The number of carbonyl (C=O) groups is 3. The number of carboxylic acids is 3. The van der Waals surface area contributed by atoms with Crippen molar-refractivity contribution in [3.05, 3.63) is 0 Å². The lowest BCUT2D eigenvalue weighted by Gasteiger charge is -2.07. The van der Waals surface area contributed by atoms with E-state index in [1.165, 1.54) is 0 Å². The second kappa shape index (κ2) is 12.9. The van der Waals surface area contributed by atoms with E-state index in [-0.39, 0.29) is 25.2 Å². The van der Waals surface area contributed by atoms with Crippen LogP contribution in [-0.4, -0.2) is 33.2 Å². The van der Waals surface area contributed by atoms with E-state index in [2.05, 4.69) is 0 Å². The molecule has 0 heterocycles. The summed E-state index contributed by atoms with van der Waals surface area (Å²) in [4.78, 5) is 30.1. The van der Waals surface area contributed by atoms with Gasteiger partial charge in [0.05, 0.1) is 5.92 Å². The van der Waals surface area contributed by atoms with Crippen molar-refractivity contribution in [2.75, 3.05) is 0 Å². The molecule has 0 fully saturated rings. The minimum absolute atomic E-state index is 0.0632. The standard InChI is InChI=1S/C8H16O2.C5H8O4/c1-3-5-7(6-4-2)8(9)10;6-4(7)2-1-3-5(8)9/h7H,3-6H2,1-2H3,(H,9,10);1-3H2,(H,6,7)(H,8,9). The molecule has 0 saturated carbocycles. The van der Waals surface area contributed by atoms with Crippen LogP contribution in [0, 0.1) is 5.92 Å². The molecule has 0 aromatic rings. The summed E-state index contributed by atoms with van der Waals surface area (Å²) >= 11 is 0. The fourth-order valence-corrected chi connectivity index (χ4v) is 1.48. The molecule has 0 aliphatic rings. The number of hydrogen-bond donors (Lipinski definition) is 3. The van der Waals surface area contributed by atoms with Crippen molar-refractivity contribution < 1.29 is 29.7 Å². The van der Waals surface area contributed by atoms with Crippen LogP contribution in [0.2, 0.25) is 0 Å². The topological polar surface area (TPSA) is 112 Å². The second-order valence-corrected chi connectivity index (χ2v) is 4.25. The van der Waals surface area contributed by atoms with Crippen LogP contribution in [0.5, 0.6) is 0 Å². The van der Waals surface area contributed by atoms with Gasteiger partial charge in [0, 0.05) is 12.8 Å². The molecule has 0 spiro atoms. The maximum Gasteiger partial charge on any atom is 0.306 e. The van der Waals surface area contributed by atoms with Crippen molar-refractivity contribution in [1.29, 1.82) is 0 Å². The van der Waals surface area contributed by atoms with Crippen molar-refractivity contribution in [3.63, 3.8) is 0 Å². The molecule has 0 amide bonds. The maximum absolute atomic E-state index is 10.5. The summed E-state index contributed by atoms with van der Waals surface area (Å²) in [6.45, 7) is 4.04. The molecule has 0 saturated heterocycles. The Balaban J connectivity index is 0. The summed E-state index contributed by atoms with van der Waals surface area (Å²) in [5, 5.41) is 24.7. The summed E-state index contributed by atoms with van der Waals surface area (Å²) in [5.74, 6) is -2.63. The predicted octanol–water partition coefficient (Wildman–Crippen LogP) is 2.61. The molecule has 19 heavy (non-hydrogen) atoms. The minimum atomic E-state index is -0.948. The first-order valence-corrected chi connectivity index (χ1v) is 6.51. The Bertz CT molecular complexity index is 254. The number of aliphatic carboxylic acids is 3. The smallest absolute Gasteiger partial charge is 0.306 e. The quantitative estimate of drug-likeness (QED) is 0.596. The fraction of sp³-hybridized carbons (Fsp3) is 0.769. The van der Waals surface area contributed by atoms with Crippen LogP contribution in [-0.2, 0) is 14.4 Å². The Morgan fingerprint density at radius 2 is 1.21 bits per heavy atom. The van der Waals surface area contributed by atoms with E-state index in [1.807, 2.05) is 13.8 Å². The van der Waals surface area contributed by atoms with Crippen LogP contribution < -0.4 is 0 Å². The Kier molecular flexibility index (Phi) is 13.4. The molecule has 3 N–H and O–H groups in total. The molecule has 0 aromatic heterocycles. The first-order valence-electron chi connectivity index (χ1n) is 6.51. The van der Waals surface area contributed by atoms with Crippen molar-refractivity contribution in [1.82, 2.24) is 0 Å². The molecule has 0 aliphatic carbocycles. The zero-order valence-corrected chi connectivity index (χ0v) is 11.6. The molecule has 0 bridgehead atoms. The third-order valence-electron chi connectivity index (χ3n) is 2.40. The van der Waals surface area contributed by atoms with Crippen molar-refractivity contribution in [2.24, 2.45) is 5.92 Å². The van der Waals surface area contributed by atoms with E-state index in [4.69, 9.17) is 15.3 Å². The zero-order chi connectivity index (χ0) is 15.3. The summed E-state index contributed by atoms with van der Waals surface area (Å²) in [6.07, 6.45) is 3.67. The highest BCUT2D eigenvalue weighted by molar-refractivity contribution is 5.70. The monoisotopic (exact) mass is 276 g/mol. The van der Waals surface area contributed by atoms with E-state index in [1.54, 1.807) is 0 Å². The molecule has 0 unspecified atom stereocenters. The molecule has 112 valence electrons. The van der Waals surface area contributed by atoms with Gasteiger partial charge in [-0.15, -0.1) is 0 Å². The van der Waals surface area contributed by atoms with Crippen LogP contribution >= 0.6 is 0 Å². The highest BCUT2D eigenvalue weighted by Crippen LogP contribution is 2.12. The first kappa shape index (κ1) is 19.7. The van der Waals surface area contributed by atoms with E-state index < -0.39 is 17.9 Å². The predicted molar refractivity (Wildman–Crippen MR) is 70.1 cm³/mol. The molecular weight excluding hydrogens is 252 g/mol. The van der Waals surface area contributed by atoms with Crippen LogP contribution in [0.1, 0.15) is 58.8 Å². The van der Waals surface area contributed by atoms with E-state index in [0.29, 0.717) is 0 Å². The van der Waals surface area contributed by atoms with Gasteiger partial charge in [0.2, 0.25) is 0 Å². The van der Waals surface area contributed by atoms with E-state index in [0.717, 1.165) is 25.7 Å². The fourth-order valence-electron chi connectivity index (χ4n) is 1.48. The Hall–Kier alpha value is -1.59. The molecule has 0 radical (unpaired) electrons. The number of rotatable bonds is 9. The van der Waals surface area contributed by atoms with Crippen molar-refractivity contribution in [2.45, 2.75) is 58.8 Å². The van der Waals surface area contributed by atoms with Gasteiger partial charge in [-0.1, -0.05) is 26.7 Å². The maximum atomic E-state index is 10.5. The normalized spacial score (nSPS) is 9.63. The molecule has 0 aliphatic heterocycles. The number of carboxylic acid groups (broad SMARTS) is 3. The zero-order valence-electron chi connectivity index (χ0n) is 11.6. The van der Waals surface area contributed by atoms with Crippen molar-refractivity contribution >= 4 is 17.9 Å². The van der Waals surface area contributed by atoms with E-state index in [9.17, 15) is 14.4 Å². The minimum Gasteiger partial charge on any atom is -0.481 e. The summed E-state index contributed by atoms with van der Waals surface area (Å²) in [7, 11) is 0. The molecule has 0 rings (SSSR count). The van der Waals surface area contributed by atoms with Crippen molar-refractivity contribution in [3.8, 4) is 0 Å². The van der Waals surface area contributed by atoms with Crippen LogP contribution in [0.3, 0.4) is 0 Å². The Morgan fingerprint density at radius 1 is 0.842 bits per heavy atom. The van der Waals surface area contributed by atoms with Crippen LogP contribution in [0.4, 0.5) is 0 Å². The average molecular weight is 276 g/mol. The summed E-state index contributed by atoms with van der Waals surface area (Å²) < 4.78 is 0. The van der Waals surface area contributed by atoms with Gasteiger partial charge in [-0.3, -0.25) is 14.4 Å². The van der Waals surface area contributed by atoms with Crippen LogP contribution in [0.15, 0.2) is 0 Å². The van der Waals surface area contributed by atoms with Gasteiger partial charge in [0.1, 0.15) is 0 Å².